The predicted molar refractivity (Wildman–Crippen MR) is 106 cm³/mol. The zero-order valence-electron chi connectivity index (χ0n) is 13.2. The van der Waals surface area contributed by atoms with Crippen molar-refractivity contribution in [2.45, 2.75) is 0 Å². The number of carbonyl (C=O) groups excluding carboxylic acids is 1. The first kappa shape index (κ1) is 17.3. The average Bonchev–Trinajstić information content (AvgIpc) is 2.62. The maximum Gasteiger partial charge on any atom is 0.261 e. The maximum absolute atomic E-state index is 12.6. The molecule has 25 heavy (non-hydrogen) atoms. The number of carbonyl (C=O) groups is 1. The number of hydrogen-bond donors (Lipinski definition) is 2. The van der Waals surface area contributed by atoms with Gasteiger partial charge in [-0.1, -0.05) is 24.3 Å². The van der Waals surface area contributed by atoms with Gasteiger partial charge in [0.25, 0.3) is 5.91 Å². The zero-order chi connectivity index (χ0) is 17.8. The highest BCUT2D eigenvalue weighted by molar-refractivity contribution is 9.10. The molecular formula is C18H14BrN3O2S. The van der Waals surface area contributed by atoms with E-state index < -0.39 is 0 Å². The van der Waals surface area contributed by atoms with Crippen LogP contribution < -0.4 is 15.4 Å². The van der Waals surface area contributed by atoms with Crippen LogP contribution in [0, 0.1) is 0 Å². The summed E-state index contributed by atoms with van der Waals surface area (Å²) in [5.41, 5.74) is 0.411. The van der Waals surface area contributed by atoms with Gasteiger partial charge in [0.05, 0.1) is 12.7 Å². The normalized spacial score (nSPS) is 10.3. The van der Waals surface area contributed by atoms with E-state index in [-0.39, 0.29) is 11.0 Å². The van der Waals surface area contributed by atoms with Crippen LogP contribution in [-0.4, -0.2) is 23.1 Å². The molecule has 0 bridgehead atoms. The van der Waals surface area contributed by atoms with Crippen LogP contribution in [0.15, 0.2) is 59.2 Å². The Hall–Kier alpha value is -2.51. The standard InChI is InChI=1S/C18H14BrN3O2S/c1-24-15-9-12-5-3-2-4-11(12)8-14(15)17(23)22-18(25)21-16-7-6-13(19)10-20-16/h2-10H,1H3,(H2,20,21,22,23,25). The largest absolute Gasteiger partial charge is 0.496 e. The van der Waals surface area contributed by atoms with Crippen molar-refractivity contribution in [2.24, 2.45) is 0 Å². The van der Waals surface area contributed by atoms with Crippen molar-refractivity contribution >= 4 is 55.8 Å². The summed E-state index contributed by atoms with van der Waals surface area (Å²) in [6.45, 7) is 0. The molecule has 7 heteroatoms. The first-order valence-corrected chi connectivity index (χ1v) is 8.57. The van der Waals surface area contributed by atoms with Gasteiger partial charge in [-0.3, -0.25) is 10.1 Å². The van der Waals surface area contributed by atoms with Crippen LogP contribution >= 0.6 is 28.1 Å². The Morgan fingerprint density at radius 1 is 1.16 bits per heavy atom. The van der Waals surface area contributed by atoms with Gasteiger partial charge in [0, 0.05) is 10.7 Å². The number of amides is 1. The monoisotopic (exact) mass is 415 g/mol. The Labute approximate surface area is 158 Å². The second kappa shape index (κ2) is 7.58. The number of nitrogens with zero attached hydrogens (tertiary/aromatic N) is 1. The van der Waals surface area contributed by atoms with E-state index in [0.29, 0.717) is 17.1 Å². The molecule has 0 aliphatic rings. The molecule has 0 radical (unpaired) electrons. The lowest BCUT2D eigenvalue weighted by Gasteiger charge is -2.12. The maximum atomic E-state index is 12.6. The summed E-state index contributed by atoms with van der Waals surface area (Å²) in [5.74, 6) is 0.678. The summed E-state index contributed by atoms with van der Waals surface area (Å²) >= 11 is 8.50. The number of thiocarbonyl (C=S) groups is 1. The fourth-order valence-corrected chi connectivity index (χ4v) is 2.77. The van der Waals surface area contributed by atoms with Crippen LogP contribution in [-0.2, 0) is 0 Å². The third-order valence-corrected chi connectivity index (χ3v) is 4.18. The van der Waals surface area contributed by atoms with Gasteiger partial charge >= 0.3 is 0 Å². The van der Waals surface area contributed by atoms with Crippen LogP contribution in [0.2, 0.25) is 0 Å². The van der Waals surface area contributed by atoms with Gasteiger partial charge in [-0.05, 0) is 63.2 Å². The molecule has 0 saturated carbocycles. The number of pyridine rings is 1. The molecule has 1 amide bonds. The molecule has 1 aromatic heterocycles. The highest BCUT2D eigenvalue weighted by Crippen LogP contribution is 2.25. The minimum absolute atomic E-state index is 0.162. The summed E-state index contributed by atoms with van der Waals surface area (Å²) < 4.78 is 6.20. The molecular weight excluding hydrogens is 402 g/mol. The summed E-state index contributed by atoms with van der Waals surface area (Å²) in [5, 5.41) is 7.62. The summed E-state index contributed by atoms with van der Waals surface area (Å²) in [4.78, 5) is 16.7. The lowest BCUT2D eigenvalue weighted by Crippen LogP contribution is -2.34. The number of fused-ring (bicyclic) bond motifs is 1. The number of aromatic nitrogens is 1. The fraction of sp³-hybridized carbons (Fsp3) is 0.0556. The number of rotatable bonds is 3. The second-order valence-electron chi connectivity index (χ2n) is 5.17. The van der Waals surface area contributed by atoms with E-state index in [1.54, 1.807) is 18.3 Å². The van der Waals surface area contributed by atoms with Gasteiger partial charge in [-0.25, -0.2) is 4.98 Å². The van der Waals surface area contributed by atoms with E-state index in [9.17, 15) is 4.79 Å². The second-order valence-corrected chi connectivity index (χ2v) is 6.49. The third kappa shape index (κ3) is 4.12. The fourth-order valence-electron chi connectivity index (χ4n) is 2.33. The SMILES string of the molecule is COc1cc2ccccc2cc1C(=O)NC(=S)Nc1ccc(Br)cn1. The molecule has 2 aromatic carbocycles. The summed E-state index contributed by atoms with van der Waals surface area (Å²) in [6, 6.07) is 14.9. The van der Waals surface area contributed by atoms with Crippen molar-refractivity contribution in [3.63, 3.8) is 0 Å². The third-order valence-electron chi connectivity index (χ3n) is 3.51. The number of benzene rings is 2. The van der Waals surface area contributed by atoms with Crippen LogP contribution in [0.4, 0.5) is 5.82 Å². The molecule has 1 heterocycles. The zero-order valence-corrected chi connectivity index (χ0v) is 15.6. The predicted octanol–water partition coefficient (Wildman–Crippen LogP) is 4.13. The highest BCUT2D eigenvalue weighted by Gasteiger charge is 2.15. The molecule has 5 nitrogen and oxygen atoms in total. The van der Waals surface area contributed by atoms with Crippen molar-refractivity contribution < 1.29 is 9.53 Å². The van der Waals surface area contributed by atoms with Crippen LogP contribution in [0.5, 0.6) is 5.75 Å². The highest BCUT2D eigenvalue weighted by atomic mass is 79.9. The molecule has 0 saturated heterocycles. The van der Waals surface area contributed by atoms with Crippen molar-refractivity contribution in [3.05, 3.63) is 64.8 Å². The van der Waals surface area contributed by atoms with Crippen molar-refractivity contribution in [2.75, 3.05) is 12.4 Å². The number of ether oxygens (including phenoxy) is 1. The van der Waals surface area contributed by atoms with Gasteiger partial charge < -0.3 is 10.1 Å². The Morgan fingerprint density at radius 3 is 2.52 bits per heavy atom. The summed E-state index contributed by atoms with van der Waals surface area (Å²) in [7, 11) is 1.53. The Balaban J connectivity index is 1.79. The molecule has 0 atom stereocenters. The van der Waals surface area contributed by atoms with Crippen LogP contribution in [0.3, 0.4) is 0 Å². The van der Waals surface area contributed by atoms with Crippen LogP contribution in [0.25, 0.3) is 10.8 Å². The Kier molecular flexibility index (Phi) is 5.25. The number of anilines is 1. The number of nitrogens with one attached hydrogen (secondary N) is 2. The number of halogens is 1. The van der Waals surface area contributed by atoms with Gasteiger partial charge in [-0.2, -0.15) is 0 Å². The first-order chi connectivity index (χ1) is 12.1. The molecule has 3 rings (SSSR count). The van der Waals surface area contributed by atoms with Crippen LogP contribution in [0.1, 0.15) is 10.4 Å². The molecule has 0 fully saturated rings. The molecule has 0 unspecified atom stereocenters. The average molecular weight is 416 g/mol. The lowest BCUT2D eigenvalue weighted by molar-refractivity contribution is 0.0975. The molecule has 2 N–H and O–H groups in total. The van der Waals surface area contributed by atoms with E-state index in [1.165, 1.54) is 7.11 Å². The van der Waals surface area contributed by atoms with Crippen molar-refractivity contribution in [3.8, 4) is 5.75 Å². The smallest absolute Gasteiger partial charge is 0.261 e. The van der Waals surface area contributed by atoms with Gasteiger partial charge in [0.15, 0.2) is 5.11 Å². The van der Waals surface area contributed by atoms with Crippen molar-refractivity contribution in [1.29, 1.82) is 0 Å². The van der Waals surface area contributed by atoms with E-state index in [1.807, 2.05) is 36.4 Å². The van der Waals surface area contributed by atoms with E-state index in [4.69, 9.17) is 17.0 Å². The molecule has 126 valence electrons. The minimum atomic E-state index is -0.350. The van der Waals surface area contributed by atoms with E-state index >= 15 is 0 Å². The van der Waals surface area contributed by atoms with E-state index in [2.05, 4.69) is 31.5 Å². The van der Waals surface area contributed by atoms with Gasteiger partial charge in [-0.15, -0.1) is 0 Å². The van der Waals surface area contributed by atoms with Crippen molar-refractivity contribution in [1.82, 2.24) is 10.3 Å². The Bertz CT molecular complexity index is 945. The number of methoxy groups -OCH3 is 1. The number of hydrogen-bond acceptors (Lipinski definition) is 4. The van der Waals surface area contributed by atoms with Gasteiger partial charge in [0.1, 0.15) is 11.6 Å². The molecule has 0 aliphatic carbocycles. The lowest BCUT2D eigenvalue weighted by atomic mass is 10.1. The summed E-state index contributed by atoms with van der Waals surface area (Å²) in [6.07, 6.45) is 1.64. The van der Waals surface area contributed by atoms with Gasteiger partial charge in [0.2, 0.25) is 0 Å². The Morgan fingerprint density at radius 2 is 1.88 bits per heavy atom. The molecule has 0 aliphatic heterocycles. The first-order valence-electron chi connectivity index (χ1n) is 7.37. The minimum Gasteiger partial charge on any atom is -0.496 e. The topological polar surface area (TPSA) is 63.2 Å². The quantitative estimate of drug-likeness (QED) is 0.629. The molecule has 3 aromatic rings. The van der Waals surface area contributed by atoms with E-state index in [0.717, 1.165) is 15.2 Å². The molecule has 0 spiro atoms.